The summed E-state index contributed by atoms with van der Waals surface area (Å²) in [5.41, 5.74) is 4.15. The number of halogens is 1. The number of benzene rings is 3. The standard InChI is InChI=1S/C28H26ClN3O3/c29-23-9-5-4-6-21(23)17-30-27(33)19-12-10-18(11-13-19)26-31-24-16-20(28(34)35)14-15-25(24)32(26)22-7-2-1-3-8-22/h4-6,9-16,22H,1-3,7-8,17H2,(H,30,33)(H,34,35). The fourth-order valence-corrected chi connectivity index (χ4v) is 5.04. The van der Waals surface area contributed by atoms with Crippen molar-refractivity contribution in [3.05, 3.63) is 88.4 Å². The topological polar surface area (TPSA) is 84.2 Å². The number of imidazole rings is 1. The van der Waals surface area contributed by atoms with Gasteiger partial charge in [-0.1, -0.05) is 61.2 Å². The summed E-state index contributed by atoms with van der Waals surface area (Å²) in [4.78, 5) is 29.0. The minimum atomic E-state index is -0.965. The van der Waals surface area contributed by atoms with Crippen LogP contribution >= 0.6 is 11.6 Å². The van der Waals surface area contributed by atoms with Crippen LogP contribution in [0.2, 0.25) is 5.02 Å². The van der Waals surface area contributed by atoms with Crippen LogP contribution < -0.4 is 5.32 Å². The number of hydrogen-bond donors (Lipinski definition) is 2. The molecule has 1 amide bonds. The molecule has 178 valence electrons. The molecule has 1 fully saturated rings. The molecule has 0 spiro atoms. The lowest BCUT2D eigenvalue weighted by atomic mass is 9.94. The quantitative estimate of drug-likeness (QED) is 0.325. The highest BCUT2D eigenvalue weighted by atomic mass is 35.5. The number of amides is 1. The van der Waals surface area contributed by atoms with E-state index in [2.05, 4.69) is 9.88 Å². The summed E-state index contributed by atoms with van der Waals surface area (Å²) < 4.78 is 2.26. The third kappa shape index (κ3) is 4.80. The Morgan fingerprint density at radius 3 is 2.40 bits per heavy atom. The van der Waals surface area contributed by atoms with Gasteiger partial charge in [0.1, 0.15) is 5.82 Å². The van der Waals surface area contributed by atoms with E-state index in [9.17, 15) is 14.7 Å². The summed E-state index contributed by atoms with van der Waals surface area (Å²) in [5.74, 6) is -0.339. The Bertz CT molecular complexity index is 1390. The first-order chi connectivity index (χ1) is 17.0. The number of hydrogen-bond acceptors (Lipinski definition) is 3. The second-order valence-corrected chi connectivity index (χ2v) is 9.36. The maximum absolute atomic E-state index is 12.7. The first-order valence-corrected chi connectivity index (χ1v) is 12.3. The molecule has 0 saturated heterocycles. The molecule has 35 heavy (non-hydrogen) atoms. The van der Waals surface area contributed by atoms with Crippen molar-refractivity contribution in [1.29, 1.82) is 0 Å². The van der Waals surface area contributed by atoms with Crippen LogP contribution in [0.4, 0.5) is 0 Å². The van der Waals surface area contributed by atoms with Crippen molar-refractivity contribution in [3.63, 3.8) is 0 Å². The third-order valence-corrected chi connectivity index (χ3v) is 7.05. The number of carboxylic acid groups (broad SMARTS) is 1. The lowest BCUT2D eigenvalue weighted by Gasteiger charge is -2.25. The van der Waals surface area contributed by atoms with Crippen LogP contribution in [0.5, 0.6) is 0 Å². The highest BCUT2D eigenvalue weighted by Crippen LogP contribution is 2.36. The fraction of sp³-hybridized carbons (Fsp3) is 0.250. The van der Waals surface area contributed by atoms with E-state index in [0.717, 1.165) is 35.3 Å². The maximum atomic E-state index is 12.7. The molecule has 1 aliphatic carbocycles. The van der Waals surface area contributed by atoms with Gasteiger partial charge in [-0.3, -0.25) is 4.79 Å². The normalized spacial score (nSPS) is 14.2. The van der Waals surface area contributed by atoms with Gasteiger partial charge in [-0.15, -0.1) is 0 Å². The predicted molar refractivity (Wildman–Crippen MR) is 137 cm³/mol. The van der Waals surface area contributed by atoms with Crippen molar-refractivity contribution in [2.24, 2.45) is 0 Å². The molecular weight excluding hydrogens is 462 g/mol. The Morgan fingerprint density at radius 1 is 0.971 bits per heavy atom. The van der Waals surface area contributed by atoms with Crippen LogP contribution in [0.15, 0.2) is 66.7 Å². The van der Waals surface area contributed by atoms with E-state index in [1.165, 1.54) is 19.3 Å². The van der Waals surface area contributed by atoms with Crippen molar-refractivity contribution in [1.82, 2.24) is 14.9 Å². The van der Waals surface area contributed by atoms with E-state index in [0.29, 0.717) is 28.7 Å². The first-order valence-electron chi connectivity index (χ1n) is 11.9. The van der Waals surface area contributed by atoms with Gasteiger partial charge >= 0.3 is 5.97 Å². The highest BCUT2D eigenvalue weighted by molar-refractivity contribution is 6.31. The summed E-state index contributed by atoms with van der Waals surface area (Å²) in [6, 6.07) is 20.3. The van der Waals surface area contributed by atoms with Crippen molar-refractivity contribution in [3.8, 4) is 11.4 Å². The Hall–Kier alpha value is -3.64. The number of aromatic nitrogens is 2. The molecule has 0 radical (unpaired) electrons. The molecule has 1 saturated carbocycles. The molecule has 1 heterocycles. The molecule has 0 atom stereocenters. The maximum Gasteiger partial charge on any atom is 0.335 e. The van der Waals surface area contributed by atoms with Crippen molar-refractivity contribution >= 4 is 34.5 Å². The van der Waals surface area contributed by atoms with E-state index in [4.69, 9.17) is 16.6 Å². The molecule has 5 rings (SSSR count). The zero-order valence-electron chi connectivity index (χ0n) is 19.2. The lowest BCUT2D eigenvalue weighted by molar-refractivity contribution is 0.0696. The van der Waals surface area contributed by atoms with E-state index in [-0.39, 0.29) is 11.5 Å². The summed E-state index contributed by atoms with van der Waals surface area (Å²) >= 11 is 6.19. The van der Waals surface area contributed by atoms with Gasteiger partial charge < -0.3 is 15.0 Å². The van der Waals surface area contributed by atoms with Gasteiger partial charge in [0.2, 0.25) is 0 Å². The smallest absolute Gasteiger partial charge is 0.335 e. The van der Waals surface area contributed by atoms with E-state index in [1.54, 1.807) is 30.3 Å². The number of carbonyl (C=O) groups is 2. The molecule has 6 nitrogen and oxygen atoms in total. The Labute approximate surface area is 208 Å². The molecule has 7 heteroatoms. The van der Waals surface area contributed by atoms with Crippen LogP contribution in [0.25, 0.3) is 22.4 Å². The molecule has 1 aliphatic rings. The molecule has 0 bridgehead atoms. The average Bonchev–Trinajstić information content (AvgIpc) is 3.27. The molecule has 1 aromatic heterocycles. The van der Waals surface area contributed by atoms with Gasteiger partial charge in [-0.2, -0.15) is 0 Å². The number of fused-ring (bicyclic) bond motifs is 1. The van der Waals surface area contributed by atoms with E-state index < -0.39 is 5.97 Å². The minimum Gasteiger partial charge on any atom is -0.478 e. The lowest BCUT2D eigenvalue weighted by Crippen LogP contribution is -2.22. The number of rotatable bonds is 6. The molecule has 4 aromatic rings. The van der Waals surface area contributed by atoms with Crippen LogP contribution in [0.3, 0.4) is 0 Å². The molecule has 0 unspecified atom stereocenters. The number of carboxylic acids is 1. The molecule has 3 aromatic carbocycles. The van der Waals surface area contributed by atoms with E-state index in [1.807, 2.05) is 36.4 Å². The second kappa shape index (κ2) is 9.92. The summed E-state index contributed by atoms with van der Waals surface area (Å²) in [6.45, 7) is 0.351. The number of carbonyl (C=O) groups excluding carboxylic acids is 1. The predicted octanol–water partition coefficient (Wildman–Crippen LogP) is 6.49. The second-order valence-electron chi connectivity index (χ2n) is 8.96. The minimum absolute atomic E-state index is 0.177. The van der Waals surface area contributed by atoms with Gasteiger partial charge in [0.25, 0.3) is 5.91 Å². The summed E-state index contributed by atoms with van der Waals surface area (Å²) in [6.07, 6.45) is 5.71. The summed E-state index contributed by atoms with van der Waals surface area (Å²) in [5, 5.41) is 13.0. The number of nitrogens with one attached hydrogen (secondary N) is 1. The van der Waals surface area contributed by atoms with Gasteiger partial charge in [-0.05, 0) is 54.8 Å². The third-order valence-electron chi connectivity index (χ3n) is 6.68. The Kier molecular flexibility index (Phi) is 6.55. The van der Waals surface area contributed by atoms with Gasteiger partial charge in [0.05, 0.1) is 16.6 Å². The van der Waals surface area contributed by atoms with Crippen molar-refractivity contribution in [2.45, 2.75) is 44.7 Å². The van der Waals surface area contributed by atoms with Crippen LogP contribution in [-0.2, 0) is 6.54 Å². The Morgan fingerprint density at radius 2 is 1.69 bits per heavy atom. The van der Waals surface area contributed by atoms with Gasteiger partial charge in [0, 0.05) is 28.7 Å². The molecule has 0 aliphatic heterocycles. The summed E-state index contributed by atoms with van der Waals surface area (Å²) in [7, 11) is 0. The molecular formula is C28H26ClN3O3. The van der Waals surface area contributed by atoms with Gasteiger partial charge in [-0.25, -0.2) is 9.78 Å². The molecule has 2 N–H and O–H groups in total. The first kappa shape index (κ1) is 23.1. The fourth-order valence-electron chi connectivity index (χ4n) is 4.83. The van der Waals surface area contributed by atoms with Crippen molar-refractivity contribution in [2.75, 3.05) is 0 Å². The zero-order chi connectivity index (χ0) is 24.4. The SMILES string of the molecule is O=C(O)c1ccc2c(c1)nc(-c1ccc(C(=O)NCc3ccccc3Cl)cc1)n2C1CCCCC1. The van der Waals surface area contributed by atoms with Crippen LogP contribution in [0, 0.1) is 0 Å². The Balaban J connectivity index is 1.44. The van der Waals surface area contributed by atoms with Crippen LogP contribution in [0.1, 0.15) is 64.4 Å². The van der Waals surface area contributed by atoms with Crippen LogP contribution in [-0.4, -0.2) is 26.5 Å². The zero-order valence-corrected chi connectivity index (χ0v) is 20.0. The number of nitrogens with zero attached hydrogens (tertiary/aromatic N) is 2. The van der Waals surface area contributed by atoms with Gasteiger partial charge in [0.15, 0.2) is 0 Å². The average molecular weight is 488 g/mol. The van der Waals surface area contributed by atoms with E-state index >= 15 is 0 Å². The van der Waals surface area contributed by atoms with Crippen molar-refractivity contribution < 1.29 is 14.7 Å². The monoisotopic (exact) mass is 487 g/mol. The largest absolute Gasteiger partial charge is 0.478 e. The highest BCUT2D eigenvalue weighted by Gasteiger charge is 2.23. The number of aromatic carboxylic acids is 1.